The number of benzene rings is 1. The minimum Gasteiger partial charge on any atom is -0.450 e. The molecule has 3 N–H and O–H groups in total. The van der Waals surface area contributed by atoms with E-state index in [1.807, 2.05) is 0 Å². The van der Waals surface area contributed by atoms with Crippen molar-refractivity contribution in [2.24, 2.45) is 0 Å². The number of hydrogen-bond acceptors (Lipinski definition) is 5. The molecular formula is C23H21F7N4O2. The number of aryl methyl sites for hydroxylation is 1. The van der Waals surface area contributed by atoms with Crippen LogP contribution in [0.3, 0.4) is 0 Å². The highest BCUT2D eigenvalue weighted by atomic mass is 19.4. The molecule has 13 heteroatoms. The first kappa shape index (κ1) is 27.0. The number of nitrogens with zero attached hydrogens (tertiary/aromatic N) is 1. The molecule has 1 unspecified atom stereocenters. The van der Waals surface area contributed by atoms with E-state index >= 15 is 0 Å². The van der Waals surface area contributed by atoms with Gasteiger partial charge in [-0.1, -0.05) is 6.07 Å². The van der Waals surface area contributed by atoms with Crippen LogP contribution in [-0.4, -0.2) is 48.4 Å². The molecule has 1 aliphatic rings. The molecular weight excluding hydrogens is 497 g/mol. The first-order chi connectivity index (χ1) is 16.7. The average Bonchev–Trinajstić information content (AvgIpc) is 2.84. The summed E-state index contributed by atoms with van der Waals surface area (Å²) >= 11 is 0. The van der Waals surface area contributed by atoms with Crippen LogP contribution < -0.4 is 20.7 Å². The number of allylic oxidation sites excluding steroid dienone is 2. The van der Waals surface area contributed by atoms with Gasteiger partial charge in [0.2, 0.25) is 0 Å². The Kier molecular flexibility index (Phi) is 7.35. The van der Waals surface area contributed by atoms with Crippen molar-refractivity contribution in [2.75, 3.05) is 13.6 Å². The van der Waals surface area contributed by atoms with Crippen molar-refractivity contribution in [3.63, 3.8) is 0 Å². The first-order valence-electron chi connectivity index (χ1n) is 10.4. The summed E-state index contributed by atoms with van der Waals surface area (Å²) < 4.78 is 96.6. The number of carbonyl (C=O) groups excluding carboxylic acids is 1. The van der Waals surface area contributed by atoms with Gasteiger partial charge in [-0.25, -0.2) is 0 Å². The van der Waals surface area contributed by atoms with Crippen LogP contribution in [0.5, 0.6) is 5.75 Å². The summed E-state index contributed by atoms with van der Waals surface area (Å²) in [6, 6.07) is 7.22. The number of amides is 1. The number of carbonyl (C=O) groups is 1. The molecule has 0 radical (unpaired) electrons. The average molecular weight is 518 g/mol. The third kappa shape index (κ3) is 5.15. The molecule has 1 atom stereocenters. The summed E-state index contributed by atoms with van der Waals surface area (Å²) in [5.74, 6) is -14.4. The molecule has 1 aromatic heterocycles. The van der Waals surface area contributed by atoms with Crippen molar-refractivity contribution in [3.8, 4) is 5.75 Å². The molecule has 0 saturated carbocycles. The Morgan fingerprint density at radius 3 is 2.36 bits per heavy atom. The second-order valence-corrected chi connectivity index (χ2v) is 7.79. The summed E-state index contributed by atoms with van der Waals surface area (Å²) in [5, 5.41) is 7.48. The molecule has 194 valence electrons. The van der Waals surface area contributed by atoms with E-state index in [1.165, 1.54) is 17.4 Å². The number of likely N-dealkylation sites (N-methyl/N-ethyl adjacent to an activating group) is 1. The van der Waals surface area contributed by atoms with E-state index in [4.69, 9.17) is 4.74 Å². The van der Waals surface area contributed by atoms with Crippen LogP contribution in [0, 0.1) is 6.92 Å². The summed E-state index contributed by atoms with van der Waals surface area (Å²) in [7, 11) is 1.59. The zero-order valence-electron chi connectivity index (χ0n) is 18.9. The van der Waals surface area contributed by atoms with Crippen LogP contribution in [0.25, 0.3) is 5.57 Å². The summed E-state index contributed by atoms with van der Waals surface area (Å²) in [6.07, 6.45) is 1.73. The minimum atomic E-state index is -6.49. The monoisotopic (exact) mass is 518 g/mol. The lowest BCUT2D eigenvalue weighted by Crippen LogP contribution is -2.59. The zero-order chi connectivity index (χ0) is 26.8. The number of rotatable bonds is 8. The standard InChI is InChI=1S/C23H21F7N4O2/c1-14-5-6-16(19(35)33-13-20(24,25)22(26,27)23(28,29)30)12-18(14)36-21(31-2)17(4-3-9-34-21)15-7-10-32-11-8-15/h3-12,31,34H,13H2,1-2H3,(H,33,35). The fourth-order valence-corrected chi connectivity index (χ4v) is 3.31. The molecule has 0 saturated heterocycles. The second-order valence-electron chi connectivity index (χ2n) is 7.79. The predicted molar refractivity (Wildman–Crippen MR) is 116 cm³/mol. The molecule has 0 spiro atoms. The maximum absolute atomic E-state index is 13.6. The van der Waals surface area contributed by atoms with E-state index in [1.54, 1.807) is 56.8 Å². The Morgan fingerprint density at radius 2 is 1.75 bits per heavy atom. The van der Waals surface area contributed by atoms with Crippen molar-refractivity contribution < 1.29 is 40.3 Å². The van der Waals surface area contributed by atoms with Crippen molar-refractivity contribution in [3.05, 3.63) is 77.8 Å². The highest BCUT2D eigenvalue weighted by Gasteiger charge is 2.72. The number of pyridine rings is 1. The van der Waals surface area contributed by atoms with Crippen LogP contribution in [0.15, 0.2) is 61.1 Å². The fraction of sp³-hybridized carbons (Fsp3) is 0.304. The number of hydrogen-bond donors (Lipinski definition) is 3. The molecule has 0 fully saturated rings. The summed E-state index contributed by atoms with van der Waals surface area (Å²) in [6.45, 7) is -0.600. The van der Waals surface area contributed by atoms with Gasteiger partial charge in [-0.2, -0.15) is 30.7 Å². The lowest BCUT2D eigenvalue weighted by molar-refractivity contribution is -0.352. The van der Waals surface area contributed by atoms with Gasteiger partial charge in [0.05, 0.1) is 6.54 Å². The molecule has 1 aliphatic heterocycles. The van der Waals surface area contributed by atoms with E-state index in [0.717, 1.165) is 11.6 Å². The molecule has 6 nitrogen and oxygen atoms in total. The van der Waals surface area contributed by atoms with Gasteiger partial charge in [-0.3, -0.25) is 15.1 Å². The molecule has 36 heavy (non-hydrogen) atoms. The lowest BCUT2D eigenvalue weighted by Gasteiger charge is -2.38. The Morgan fingerprint density at radius 1 is 1.08 bits per heavy atom. The Labute approximate surface area is 201 Å². The molecule has 1 aromatic carbocycles. The normalized spacial score (nSPS) is 18.3. The van der Waals surface area contributed by atoms with E-state index in [2.05, 4.69) is 15.6 Å². The van der Waals surface area contributed by atoms with E-state index in [9.17, 15) is 35.5 Å². The van der Waals surface area contributed by atoms with Crippen LogP contribution in [-0.2, 0) is 0 Å². The third-order valence-electron chi connectivity index (χ3n) is 5.37. The van der Waals surface area contributed by atoms with E-state index < -0.39 is 36.3 Å². The molecule has 0 aliphatic carbocycles. The van der Waals surface area contributed by atoms with Crippen molar-refractivity contribution in [1.82, 2.24) is 20.9 Å². The zero-order valence-corrected chi connectivity index (χ0v) is 18.9. The molecule has 3 rings (SSSR count). The molecule has 0 bridgehead atoms. The van der Waals surface area contributed by atoms with Gasteiger partial charge < -0.3 is 15.4 Å². The summed E-state index contributed by atoms with van der Waals surface area (Å²) in [4.78, 5) is 16.3. The highest BCUT2D eigenvalue weighted by Crippen LogP contribution is 2.46. The summed E-state index contributed by atoms with van der Waals surface area (Å²) in [5.41, 5.74) is 1.57. The first-order valence-corrected chi connectivity index (χ1v) is 10.4. The predicted octanol–water partition coefficient (Wildman–Crippen LogP) is 4.41. The fourth-order valence-electron chi connectivity index (χ4n) is 3.31. The SMILES string of the molecule is CNC1(Oc2cc(C(=O)NCC(F)(F)C(F)(F)C(F)(F)F)ccc2C)NC=CC=C1c1ccncc1. The van der Waals surface area contributed by atoms with Crippen LogP contribution in [0.2, 0.25) is 0 Å². The largest absolute Gasteiger partial charge is 0.459 e. The van der Waals surface area contributed by atoms with Gasteiger partial charge in [-0.05, 0) is 61.5 Å². The Balaban J connectivity index is 1.85. The molecule has 2 aromatic rings. The van der Waals surface area contributed by atoms with Crippen LogP contribution >= 0.6 is 0 Å². The number of nitrogens with one attached hydrogen (secondary N) is 3. The van der Waals surface area contributed by atoms with Gasteiger partial charge in [0.15, 0.2) is 0 Å². The smallest absolute Gasteiger partial charge is 0.450 e. The van der Waals surface area contributed by atoms with Crippen LogP contribution in [0.1, 0.15) is 21.5 Å². The van der Waals surface area contributed by atoms with Gasteiger partial charge in [-0.15, -0.1) is 0 Å². The maximum atomic E-state index is 13.6. The topological polar surface area (TPSA) is 75.3 Å². The highest BCUT2D eigenvalue weighted by molar-refractivity contribution is 5.94. The number of alkyl halides is 7. The van der Waals surface area contributed by atoms with Gasteiger partial charge in [0.25, 0.3) is 11.8 Å². The van der Waals surface area contributed by atoms with Gasteiger partial charge >= 0.3 is 18.0 Å². The number of aromatic nitrogens is 1. The minimum absolute atomic E-state index is 0.104. The van der Waals surface area contributed by atoms with Gasteiger partial charge in [0.1, 0.15) is 5.75 Å². The van der Waals surface area contributed by atoms with Gasteiger partial charge in [0, 0.05) is 29.7 Å². The van der Waals surface area contributed by atoms with Crippen LogP contribution in [0.4, 0.5) is 30.7 Å². The molecule has 1 amide bonds. The number of ether oxygens (including phenoxy) is 1. The quantitative estimate of drug-likeness (QED) is 0.357. The van der Waals surface area contributed by atoms with Crippen molar-refractivity contribution >= 4 is 11.5 Å². The third-order valence-corrected chi connectivity index (χ3v) is 5.37. The second kappa shape index (κ2) is 9.80. The number of dihydropyridines is 1. The lowest BCUT2D eigenvalue weighted by atomic mass is 9.99. The van der Waals surface area contributed by atoms with Crippen molar-refractivity contribution in [2.45, 2.75) is 30.8 Å². The Bertz CT molecular complexity index is 1170. The maximum Gasteiger partial charge on any atom is 0.459 e. The Hall–Kier alpha value is -3.61. The van der Waals surface area contributed by atoms with E-state index in [-0.39, 0.29) is 11.3 Å². The number of halogens is 7. The van der Waals surface area contributed by atoms with E-state index in [0.29, 0.717) is 11.1 Å². The van der Waals surface area contributed by atoms with Crippen molar-refractivity contribution in [1.29, 1.82) is 0 Å². The molecule has 2 heterocycles.